The van der Waals surface area contributed by atoms with Crippen LogP contribution in [0.3, 0.4) is 0 Å². The van der Waals surface area contributed by atoms with Gasteiger partial charge in [-0.05, 0) is 27.2 Å². The van der Waals surface area contributed by atoms with Gasteiger partial charge in [-0.2, -0.15) is 4.31 Å². The molecule has 2 rings (SSSR count). The molecule has 6 heteroatoms. The molecule has 0 aromatic rings. The van der Waals surface area contributed by atoms with Crippen LogP contribution >= 0.6 is 11.8 Å². The summed E-state index contributed by atoms with van der Waals surface area (Å²) in [7, 11) is -3.05. The first-order valence-corrected chi connectivity index (χ1v) is 8.63. The summed E-state index contributed by atoms with van der Waals surface area (Å²) in [6.45, 7) is 7.57. The fourth-order valence-electron chi connectivity index (χ4n) is 2.44. The van der Waals surface area contributed by atoms with Gasteiger partial charge in [-0.3, -0.25) is 0 Å². The third-order valence-electron chi connectivity index (χ3n) is 3.46. The fraction of sp³-hybridized carbons (Fsp3) is 1.00. The summed E-state index contributed by atoms with van der Waals surface area (Å²) in [4.78, 5) is 0. The highest BCUT2D eigenvalue weighted by Gasteiger charge is 2.53. The molecule has 0 amide bonds. The lowest BCUT2D eigenvalue weighted by molar-refractivity contribution is 0.0597. The highest BCUT2D eigenvalue weighted by molar-refractivity contribution is 8.01. The van der Waals surface area contributed by atoms with Crippen molar-refractivity contribution < 1.29 is 13.2 Å². The molecule has 0 saturated carbocycles. The second-order valence-electron chi connectivity index (χ2n) is 5.14. The van der Waals surface area contributed by atoms with Gasteiger partial charge in [-0.25, -0.2) is 8.42 Å². The average Bonchev–Trinajstić information content (AvgIpc) is 2.60. The smallest absolute Gasteiger partial charge is 0.216 e. The molecule has 0 radical (unpaired) electrons. The lowest BCUT2D eigenvalue weighted by Gasteiger charge is -2.47. The van der Waals surface area contributed by atoms with Crippen LogP contribution in [0.4, 0.5) is 0 Å². The lowest BCUT2D eigenvalue weighted by atomic mass is 9.95. The van der Waals surface area contributed by atoms with Crippen LogP contribution in [0, 0.1) is 0 Å². The van der Waals surface area contributed by atoms with Gasteiger partial charge in [0.2, 0.25) is 10.0 Å². The van der Waals surface area contributed by atoms with Gasteiger partial charge in [0.15, 0.2) is 0 Å². The summed E-state index contributed by atoms with van der Waals surface area (Å²) in [6, 6.07) is 0. The molecule has 2 aliphatic rings. The number of sulfonamides is 1. The molecule has 0 N–H and O–H groups in total. The van der Waals surface area contributed by atoms with Gasteiger partial charge in [0.25, 0.3) is 0 Å². The van der Waals surface area contributed by atoms with Crippen molar-refractivity contribution in [3.8, 4) is 0 Å². The first kappa shape index (κ1) is 13.6. The fourth-order valence-corrected chi connectivity index (χ4v) is 5.61. The Kier molecular flexibility index (Phi) is 3.79. The Morgan fingerprint density at radius 1 is 1.47 bits per heavy atom. The quantitative estimate of drug-likeness (QED) is 0.779. The van der Waals surface area contributed by atoms with Gasteiger partial charge < -0.3 is 4.74 Å². The van der Waals surface area contributed by atoms with Crippen LogP contribution in [0.5, 0.6) is 0 Å². The van der Waals surface area contributed by atoms with E-state index in [-0.39, 0.29) is 10.00 Å². The number of hydrogen-bond acceptors (Lipinski definition) is 4. The number of rotatable bonds is 4. The zero-order valence-corrected chi connectivity index (χ0v) is 12.3. The van der Waals surface area contributed by atoms with E-state index < -0.39 is 10.0 Å². The minimum atomic E-state index is -3.05. The standard InChI is InChI=1S/C11H21NO3S2/c1-4-15-10-5-11(16-6-10)7-12(8-11)17(13,14)9(2)3/h9-10H,4-8H2,1-3H3. The van der Waals surface area contributed by atoms with E-state index in [9.17, 15) is 8.42 Å². The van der Waals surface area contributed by atoms with E-state index in [0.29, 0.717) is 19.2 Å². The molecule has 1 unspecified atom stereocenters. The number of nitrogens with zero attached hydrogens (tertiary/aromatic N) is 1. The normalized spacial score (nSPS) is 28.8. The van der Waals surface area contributed by atoms with Crippen LogP contribution in [0.25, 0.3) is 0 Å². The first-order chi connectivity index (χ1) is 7.89. The third kappa shape index (κ3) is 2.50. The maximum absolute atomic E-state index is 11.9. The van der Waals surface area contributed by atoms with E-state index in [1.54, 1.807) is 18.2 Å². The van der Waals surface area contributed by atoms with Crippen molar-refractivity contribution in [2.24, 2.45) is 0 Å². The topological polar surface area (TPSA) is 46.6 Å². The molecule has 1 atom stereocenters. The second kappa shape index (κ2) is 4.72. The zero-order valence-electron chi connectivity index (χ0n) is 10.7. The molecule has 2 heterocycles. The van der Waals surface area contributed by atoms with Crippen LogP contribution in [0.15, 0.2) is 0 Å². The Morgan fingerprint density at radius 2 is 2.12 bits per heavy atom. The third-order valence-corrected chi connectivity index (χ3v) is 7.21. The predicted octanol–water partition coefficient (Wildman–Crippen LogP) is 1.32. The van der Waals surface area contributed by atoms with Crippen molar-refractivity contribution in [3.63, 3.8) is 0 Å². The van der Waals surface area contributed by atoms with E-state index >= 15 is 0 Å². The summed E-state index contributed by atoms with van der Waals surface area (Å²) in [5.74, 6) is 1.00. The summed E-state index contributed by atoms with van der Waals surface area (Å²) in [6.07, 6.45) is 1.31. The largest absolute Gasteiger partial charge is 0.378 e. The molecule has 2 saturated heterocycles. The Labute approximate surface area is 108 Å². The number of ether oxygens (including phenoxy) is 1. The Bertz CT molecular complexity index is 374. The van der Waals surface area contributed by atoms with E-state index in [2.05, 4.69) is 0 Å². The molecule has 2 fully saturated rings. The minimum absolute atomic E-state index is 0.141. The van der Waals surface area contributed by atoms with Crippen molar-refractivity contribution in [1.82, 2.24) is 4.31 Å². The highest BCUT2D eigenvalue weighted by atomic mass is 32.2. The zero-order chi connectivity index (χ0) is 12.7. The van der Waals surface area contributed by atoms with Gasteiger partial charge >= 0.3 is 0 Å². The van der Waals surface area contributed by atoms with E-state index in [1.165, 1.54) is 0 Å². The Balaban J connectivity index is 1.91. The van der Waals surface area contributed by atoms with Crippen molar-refractivity contribution in [2.45, 2.75) is 43.3 Å². The molecule has 0 aromatic carbocycles. The second-order valence-corrected chi connectivity index (χ2v) is 9.11. The maximum atomic E-state index is 11.9. The minimum Gasteiger partial charge on any atom is -0.378 e. The van der Waals surface area contributed by atoms with Crippen molar-refractivity contribution in [1.29, 1.82) is 0 Å². The molecular formula is C11H21NO3S2. The summed E-state index contributed by atoms with van der Waals surface area (Å²) >= 11 is 1.88. The van der Waals surface area contributed by atoms with Crippen LogP contribution in [0.2, 0.25) is 0 Å². The SMILES string of the molecule is CCOC1CSC2(C1)CN(S(=O)(=O)C(C)C)C2. The van der Waals surface area contributed by atoms with Crippen molar-refractivity contribution >= 4 is 21.8 Å². The van der Waals surface area contributed by atoms with E-state index in [0.717, 1.165) is 18.8 Å². The summed E-state index contributed by atoms with van der Waals surface area (Å²) in [5, 5.41) is -0.311. The first-order valence-electron chi connectivity index (χ1n) is 6.14. The van der Waals surface area contributed by atoms with E-state index in [1.807, 2.05) is 18.7 Å². The molecule has 17 heavy (non-hydrogen) atoms. The van der Waals surface area contributed by atoms with Crippen LogP contribution in [-0.4, -0.2) is 54.3 Å². The van der Waals surface area contributed by atoms with E-state index in [4.69, 9.17) is 4.74 Å². The monoisotopic (exact) mass is 279 g/mol. The van der Waals surface area contributed by atoms with Gasteiger partial charge in [-0.1, -0.05) is 0 Å². The molecule has 2 aliphatic heterocycles. The van der Waals surface area contributed by atoms with Crippen LogP contribution in [-0.2, 0) is 14.8 Å². The molecule has 0 aliphatic carbocycles. The molecule has 100 valence electrons. The van der Waals surface area contributed by atoms with Gasteiger partial charge in [0, 0.05) is 30.2 Å². The predicted molar refractivity (Wildman–Crippen MR) is 70.8 cm³/mol. The molecule has 0 bridgehead atoms. The van der Waals surface area contributed by atoms with Crippen molar-refractivity contribution in [2.75, 3.05) is 25.4 Å². The van der Waals surface area contributed by atoms with Crippen LogP contribution in [0.1, 0.15) is 27.2 Å². The van der Waals surface area contributed by atoms with Crippen molar-refractivity contribution in [3.05, 3.63) is 0 Å². The summed E-state index contributed by atoms with van der Waals surface area (Å²) < 4.78 is 31.3. The Hall–Kier alpha value is 0.220. The van der Waals surface area contributed by atoms with Gasteiger partial charge in [-0.15, -0.1) is 11.8 Å². The van der Waals surface area contributed by atoms with Crippen LogP contribution < -0.4 is 0 Å². The van der Waals surface area contributed by atoms with Gasteiger partial charge in [0.1, 0.15) is 0 Å². The summed E-state index contributed by atoms with van der Waals surface area (Å²) in [5.41, 5.74) is 0. The molecule has 0 aromatic heterocycles. The lowest BCUT2D eigenvalue weighted by Crippen LogP contribution is -2.61. The average molecular weight is 279 g/mol. The highest BCUT2D eigenvalue weighted by Crippen LogP contribution is 2.47. The number of hydrogen-bond donors (Lipinski definition) is 0. The molecule has 1 spiro atoms. The maximum Gasteiger partial charge on any atom is 0.216 e. The molecular weight excluding hydrogens is 258 g/mol. The number of thioether (sulfide) groups is 1. The van der Waals surface area contributed by atoms with Gasteiger partial charge in [0.05, 0.1) is 11.4 Å². The Morgan fingerprint density at radius 3 is 2.65 bits per heavy atom. The molecule has 4 nitrogen and oxygen atoms in total.